The van der Waals surface area contributed by atoms with Gasteiger partial charge in [-0.2, -0.15) is 0 Å². The van der Waals surface area contributed by atoms with Gasteiger partial charge in [-0.15, -0.1) is 11.3 Å². The lowest BCUT2D eigenvalue weighted by atomic mass is 9.82. The summed E-state index contributed by atoms with van der Waals surface area (Å²) in [5.41, 5.74) is 16.8. The topological polar surface area (TPSA) is 22.9 Å². The average Bonchev–Trinajstić information content (AvgIpc) is 4.06. The molecule has 0 saturated heterocycles. The highest BCUT2D eigenvalue weighted by Gasteiger charge is 2.35. The molecule has 0 N–H and O–H groups in total. The summed E-state index contributed by atoms with van der Waals surface area (Å²) in [5.74, 6) is 0. The van der Waals surface area contributed by atoms with E-state index < -0.39 is 0 Å². The van der Waals surface area contributed by atoms with Gasteiger partial charge < -0.3 is 19.1 Å². The third kappa shape index (κ3) is 6.88. The minimum atomic E-state index is -0.0745. The molecule has 1 aliphatic rings. The van der Waals surface area contributed by atoms with E-state index in [1.165, 1.54) is 53.2 Å². The predicted molar refractivity (Wildman–Crippen MR) is 306 cm³/mol. The fourth-order valence-electron chi connectivity index (χ4n) is 11.3. The van der Waals surface area contributed by atoms with Crippen LogP contribution in [0.1, 0.15) is 25.0 Å². The molecule has 2 heterocycles. The molecule has 72 heavy (non-hydrogen) atoms. The Morgan fingerprint density at radius 2 is 0.708 bits per heavy atom. The third-order valence-corrected chi connectivity index (χ3v) is 15.9. The maximum Gasteiger partial charge on any atom is 0.135 e. The van der Waals surface area contributed by atoms with E-state index in [0.717, 1.165) is 73.1 Å². The normalized spacial score (nSPS) is 12.7. The van der Waals surface area contributed by atoms with E-state index in [1.54, 1.807) is 0 Å². The van der Waals surface area contributed by atoms with Crippen molar-refractivity contribution in [2.24, 2.45) is 0 Å². The molecular weight excluding hydrogens is 895 g/mol. The molecule has 0 fully saturated rings. The van der Waals surface area contributed by atoms with Gasteiger partial charge in [0, 0.05) is 87.5 Å². The fourth-order valence-corrected chi connectivity index (χ4v) is 12.4. The Morgan fingerprint density at radius 1 is 0.306 bits per heavy atom. The second kappa shape index (κ2) is 16.6. The number of nitrogens with zero attached hydrogens (tertiary/aromatic N) is 3. The minimum absolute atomic E-state index is 0.0745. The van der Waals surface area contributed by atoms with E-state index in [2.05, 4.69) is 277 Å². The van der Waals surface area contributed by atoms with Crippen molar-refractivity contribution in [1.82, 2.24) is 0 Å². The Hall–Kier alpha value is -8.90. The van der Waals surface area contributed by atoms with Crippen molar-refractivity contribution in [3.05, 3.63) is 260 Å². The fraction of sp³-hybridized carbons (Fsp3) is 0.0448. The first-order valence-corrected chi connectivity index (χ1v) is 25.5. The van der Waals surface area contributed by atoms with Gasteiger partial charge in [-0.05, 0) is 166 Å². The molecule has 14 rings (SSSR count). The van der Waals surface area contributed by atoms with Gasteiger partial charge in [-0.25, -0.2) is 0 Å². The number of furan rings is 1. The van der Waals surface area contributed by atoms with Gasteiger partial charge in [0.05, 0.1) is 0 Å². The molecule has 0 saturated carbocycles. The molecule has 5 heteroatoms. The van der Waals surface area contributed by atoms with Crippen LogP contribution in [0.2, 0.25) is 0 Å². The number of rotatable bonds is 9. The van der Waals surface area contributed by atoms with Crippen molar-refractivity contribution >= 4 is 115 Å². The second-order valence-corrected chi connectivity index (χ2v) is 20.5. The number of hydrogen-bond donors (Lipinski definition) is 0. The van der Waals surface area contributed by atoms with Crippen LogP contribution in [0.4, 0.5) is 51.2 Å². The molecule has 0 atom stereocenters. The highest BCUT2D eigenvalue weighted by Crippen LogP contribution is 2.51. The summed E-state index contributed by atoms with van der Waals surface area (Å²) < 4.78 is 9.18. The maximum absolute atomic E-state index is 6.68. The van der Waals surface area contributed by atoms with Crippen LogP contribution in [0.15, 0.2) is 253 Å². The predicted octanol–water partition coefficient (Wildman–Crippen LogP) is 19.8. The molecular formula is C67H47N3OS. The summed E-state index contributed by atoms with van der Waals surface area (Å²) in [6.45, 7) is 4.68. The lowest BCUT2D eigenvalue weighted by Crippen LogP contribution is -2.15. The Bertz CT molecular complexity index is 4180. The molecule has 4 nitrogen and oxygen atoms in total. The number of fused-ring (bicyclic) bond motifs is 10. The van der Waals surface area contributed by atoms with E-state index in [-0.39, 0.29) is 5.41 Å². The smallest absolute Gasteiger partial charge is 0.135 e. The molecule has 1 aliphatic carbocycles. The van der Waals surface area contributed by atoms with Crippen LogP contribution < -0.4 is 14.7 Å². The standard InChI is InChI=1S/C67H47N3OS/c1-67(2)61-25-15-14-24-55(61)56-39-50(28-33-62(56)67)69(48-22-10-5-11-23-48)51-29-34-63-57(40-51)58-41-52(30-35-64(58)71-63)70(49-27-26-44-16-12-13-17-45(44)38-49)54-32-37-66-60(43-54)59-42-53(31-36-65(59)72-66)68(46-18-6-3-7-19-46)47-20-8-4-9-21-47/h3-43H,1-2H3. The Kier molecular flexibility index (Phi) is 9.70. The van der Waals surface area contributed by atoms with E-state index in [4.69, 9.17) is 4.42 Å². The van der Waals surface area contributed by atoms with Crippen molar-refractivity contribution in [1.29, 1.82) is 0 Å². The lowest BCUT2D eigenvalue weighted by Gasteiger charge is -2.27. The molecule has 0 unspecified atom stereocenters. The quantitative estimate of drug-likeness (QED) is 0.144. The van der Waals surface area contributed by atoms with Crippen molar-refractivity contribution < 1.29 is 4.42 Å². The number of para-hydroxylation sites is 3. The Morgan fingerprint density at radius 3 is 1.29 bits per heavy atom. The number of anilines is 9. The van der Waals surface area contributed by atoms with E-state index >= 15 is 0 Å². The average molecular weight is 942 g/mol. The minimum Gasteiger partial charge on any atom is -0.456 e. The number of thiophene rings is 1. The van der Waals surface area contributed by atoms with Crippen molar-refractivity contribution in [2.75, 3.05) is 14.7 Å². The highest BCUT2D eigenvalue weighted by atomic mass is 32.1. The summed E-state index contributed by atoms with van der Waals surface area (Å²) in [5, 5.41) is 6.96. The van der Waals surface area contributed by atoms with Crippen LogP contribution in [-0.4, -0.2) is 0 Å². The zero-order valence-electron chi connectivity index (χ0n) is 39.8. The highest BCUT2D eigenvalue weighted by molar-refractivity contribution is 7.25. The monoisotopic (exact) mass is 941 g/mol. The molecule has 2 aromatic heterocycles. The van der Waals surface area contributed by atoms with Crippen LogP contribution in [0.3, 0.4) is 0 Å². The maximum atomic E-state index is 6.68. The number of benzene rings is 11. The molecule has 13 aromatic rings. The first-order valence-electron chi connectivity index (χ1n) is 24.6. The first kappa shape index (κ1) is 42.0. The third-order valence-electron chi connectivity index (χ3n) is 14.8. The van der Waals surface area contributed by atoms with Gasteiger partial charge in [0.2, 0.25) is 0 Å². The molecule has 0 spiro atoms. The zero-order chi connectivity index (χ0) is 47.9. The summed E-state index contributed by atoms with van der Waals surface area (Å²) in [7, 11) is 0. The largest absolute Gasteiger partial charge is 0.456 e. The van der Waals surface area contributed by atoms with Gasteiger partial charge >= 0.3 is 0 Å². The Labute approximate surface area is 422 Å². The Balaban J connectivity index is 0.922. The SMILES string of the molecule is CC1(C)c2ccccc2-c2cc(N(c3ccccc3)c3ccc4oc5ccc(N(c6ccc7ccccc7c6)c6ccc7sc8ccc(N(c9ccccc9)c9ccccc9)cc8c7c6)cc5c4c3)ccc21. The van der Waals surface area contributed by atoms with Gasteiger partial charge in [0.1, 0.15) is 11.2 Å². The van der Waals surface area contributed by atoms with Gasteiger partial charge in [0.15, 0.2) is 0 Å². The summed E-state index contributed by atoms with van der Waals surface area (Å²) in [4.78, 5) is 7.12. The molecule has 0 aliphatic heterocycles. The van der Waals surface area contributed by atoms with Crippen molar-refractivity contribution in [3.63, 3.8) is 0 Å². The van der Waals surface area contributed by atoms with Crippen LogP contribution in [0, 0.1) is 0 Å². The summed E-state index contributed by atoms with van der Waals surface area (Å²) >= 11 is 1.84. The van der Waals surface area contributed by atoms with Crippen LogP contribution in [0.5, 0.6) is 0 Å². The lowest BCUT2D eigenvalue weighted by molar-refractivity contribution is 0.660. The first-order chi connectivity index (χ1) is 35.4. The van der Waals surface area contributed by atoms with Gasteiger partial charge in [-0.3, -0.25) is 0 Å². The van der Waals surface area contributed by atoms with Crippen LogP contribution in [-0.2, 0) is 5.41 Å². The van der Waals surface area contributed by atoms with Crippen LogP contribution in [0.25, 0.3) is 64.0 Å². The molecule has 0 amide bonds. The van der Waals surface area contributed by atoms with E-state index in [9.17, 15) is 0 Å². The molecule has 342 valence electrons. The van der Waals surface area contributed by atoms with Crippen LogP contribution >= 0.6 is 11.3 Å². The molecule has 0 bridgehead atoms. The summed E-state index contributed by atoms with van der Waals surface area (Å²) in [6.07, 6.45) is 0. The number of hydrogen-bond acceptors (Lipinski definition) is 5. The van der Waals surface area contributed by atoms with Crippen molar-refractivity contribution in [2.45, 2.75) is 19.3 Å². The molecule has 0 radical (unpaired) electrons. The van der Waals surface area contributed by atoms with E-state index in [1.807, 2.05) is 11.3 Å². The van der Waals surface area contributed by atoms with Gasteiger partial charge in [0.25, 0.3) is 0 Å². The zero-order valence-corrected chi connectivity index (χ0v) is 40.6. The van der Waals surface area contributed by atoms with E-state index in [0.29, 0.717) is 0 Å². The second-order valence-electron chi connectivity index (χ2n) is 19.4. The molecule has 11 aromatic carbocycles. The summed E-state index contributed by atoms with van der Waals surface area (Å²) in [6, 6.07) is 90.4. The van der Waals surface area contributed by atoms with Crippen molar-refractivity contribution in [3.8, 4) is 11.1 Å². The van der Waals surface area contributed by atoms with Gasteiger partial charge in [-0.1, -0.05) is 129 Å².